The molecule has 0 radical (unpaired) electrons. The summed E-state index contributed by atoms with van der Waals surface area (Å²) in [4.78, 5) is 41.1. The molecule has 3 aliphatic heterocycles. The van der Waals surface area contributed by atoms with Crippen LogP contribution in [0.1, 0.15) is 18.4 Å². The number of piperazine rings is 1. The number of hydrogen-bond acceptors (Lipinski definition) is 7. The Morgan fingerprint density at radius 3 is 2.56 bits per heavy atom. The van der Waals surface area contributed by atoms with Gasteiger partial charge in [-0.2, -0.15) is 5.26 Å². The molecule has 3 aliphatic rings. The second-order valence-corrected chi connectivity index (χ2v) is 9.19. The van der Waals surface area contributed by atoms with Crippen molar-refractivity contribution in [1.29, 1.82) is 5.26 Å². The second kappa shape index (κ2) is 9.69. The molecule has 1 saturated heterocycles. The zero-order chi connectivity index (χ0) is 23.5. The van der Waals surface area contributed by atoms with E-state index in [1.54, 1.807) is 0 Å². The molecule has 0 saturated carbocycles. The predicted molar refractivity (Wildman–Crippen MR) is 133 cm³/mol. The van der Waals surface area contributed by atoms with Crippen LogP contribution in [-0.2, 0) is 9.59 Å². The minimum absolute atomic E-state index is 0.0544. The average Bonchev–Trinajstić information content (AvgIpc) is 3.23. The number of para-hydroxylation sites is 2. The van der Waals surface area contributed by atoms with E-state index in [2.05, 4.69) is 28.1 Å². The third-order valence-electron chi connectivity index (χ3n) is 6.20. The van der Waals surface area contributed by atoms with Crippen molar-refractivity contribution in [2.24, 2.45) is 9.98 Å². The second-order valence-electron chi connectivity index (χ2n) is 8.24. The quantitative estimate of drug-likeness (QED) is 0.667. The summed E-state index contributed by atoms with van der Waals surface area (Å²) in [7, 11) is 0. The molecule has 0 unspecified atom stereocenters. The standard InChI is InChI=1S/C25H24N6O2S/c26-12-17-34-25-28-20-9-5-4-8-19(20)23-27-21(24(33)31(23)25)10-11-22(32)30-15-13-29(14-16-30)18-6-2-1-3-7-18/h1-9,21H,10-11,13-17H2/t21-/m1/s1. The molecule has 0 N–H and O–H groups in total. The van der Waals surface area contributed by atoms with Gasteiger partial charge in [0.15, 0.2) is 5.17 Å². The fraction of sp³-hybridized carbons (Fsp3) is 0.320. The van der Waals surface area contributed by atoms with Gasteiger partial charge < -0.3 is 9.80 Å². The van der Waals surface area contributed by atoms with Crippen molar-refractivity contribution in [3.8, 4) is 6.07 Å². The van der Waals surface area contributed by atoms with Gasteiger partial charge in [-0.3, -0.25) is 14.6 Å². The highest BCUT2D eigenvalue weighted by atomic mass is 32.2. The third-order valence-corrected chi connectivity index (χ3v) is 7.00. The number of carbonyl (C=O) groups excluding carboxylic acids is 2. The summed E-state index contributed by atoms with van der Waals surface area (Å²) in [6.45, 7) is 2.92. The maximum absolute atomic E-state index is 13.2. The number of thioether (sulfide) groups is 1. The van der Waals surface area contributed by atoms with Crippen molar-refractivity contribution in [2.75, 3.05) is 36.8 Å². The minimum Gasteiger partial charge on any atom is -0.368 e. The normalized spacial score (nSPS) is 19.2. The van der Waals surface area contributed by atoms with Crippen LogP contribution < -0.4 is 4.90 Å². The number of nitrogens with zero attached hydrogens (tertiary/aromatic N) is 6. The molecule has 2 aromatic rings. The lowest BCUT2D eigenvalue weighted by molar-refractivity contribution is -0.131. The minimum atomic E-state index is -0.622. The van der Waals surface area contributed by atoms with E-state index in [1.165, 1.54) is 22.3 Å². The van der Waals surface area contributed by atoms with E-state index in [4.69, 9.17) is 10.3 Å². The average molecular weight is 473 g/mol. The summed E-state index contributed by atoms with van der Waals surface area (Å²) in [5.74, 6) is 0.620. The highest BCUT2D eigenvalue weighted by Gasteiger charge is 2.41. The summed E-state index contributed by atoms with van der Waals surface area (Å²) in [5.41, 5.74) is 2.70. The van der Waals surface area contributed by atoms with E-state index >= 15 is 0 Å². The first-order valence-electron chi connectivity index (χ1n) is 11.3. The van der Waals surface area contributed by atoms with Crippen LogP contribution in [-0.4, -0.2) is 70.6 Å². The Labute approximate surface area is 202 Å². The van der Waals surface area contributed by atoms with Gasteiger partial charge in [-0.1, -0.05) is 42.1 Å². The number of amidine groups is 2. The molecule has 9 heteroatoms. The largest absolute Gasteiger partial charge is 0.368 e. The highest BCUT2D eigenvalue weighted by molar-refractivity contribution is 8.14. The number of carbonyl (C=O) groups is 2. The van der Waals surface area contributed by atoms with Crippen molar-refractivity contribution in [3.05, 3.63) is 60.2 Å². The molecule has 2 amide bonds. The number of fused-ring (bicyclic) bond motifs is 3. The molecular weight excluding hydrogens is 448 g/mol. The summed E-state index contributed by atoms with van der Waals surface area (Å²) in [6, 6.07) is 19.2. The first kappa shape index (κ1) is 22.2. The van der Waals surface area contributed by atoms with E-state index < -0.39 is 6.04 Å². The molecule has 0 spiro atoms. The molecule has 0 bridgehead atoms. The van der Waals surface area contributed by atoms with E-state index in [9.17, 15) is 9.59 Å². The summed E-state index contributed by atoms with van der Waals surface area (Å²) >= 11 is 1.22. The number of aliphatic imine (C=N–C) groups is 2. The van der Waals surface area contributed by atoms with Crippen LogP contribution in [0.2, 0.25) is 0 Å². The van der Waals surface area contributed by atoms with Gasteiger partial charge in [-0.25, -0.2) is 9.89 Å². The fourth-order valence-electron chi connectivity index (χ4n) is 4.45. The molecule has 172 valence electrons. The summed E-state index contributed by atoms with van der Waals surface area (Å²) in [6.07, 6.45) is 0.626. The van der Waals surface area contributed by atoms with Crippen LogP contribution in [0.25, 0.3) is 0 Å². The zero-order valence-electron chi connectivity index (χ0n) is 18.6. The van der Waals surface area contributed by atoms with E-state index in [0.29, 0.717) is 30.5 Å². The van der Waals surface area contributed by atoms with Crippen LogP contribution in [0.3, 0.4) is 0 Å². The number of hydrogen-bond donors (Lipinski definition) is 0. The van der Waals surface area contributed by atoms with Crippen molar-refractivity contribution >= 4 is 46.0 Å². The summed E-state index contributed by atoms with van der Waals surface area (Å²) in [5, 5.41) is 9.46. The zero-order valence-corrected chi connectivity index (χ0v) is 19.4. The van der Waals surface area contributed by atoms with Crippen LogP contribution in [0.15, 0.2) is 64.6 Å². The molecule has 1 fully saturated rings. The third kappa shape index (κ3) is 4.29. The lowest BCUT2D eigenvalue weighted by Gasteiger charge is -2.36. The molecule has 5 rings (SSSR count). The van der Waals surface area contributed by atoms with Crippen molar-refractivity contribution in [1.82, 2.24) is 9.80 Å². The van der Waals surface area contributed by atoms with Crippen LogP contribution in [0.4, 0.5) is 11.4 Å². The number of anilines is 1. The van der Waals surface area contributed by atoms with Gasteiger partial charge in [0.25, 0.3) is 5.91 Å². The Kier molecular flexibility index (Phi) is 6.32. The Morgan fingerprint density at radius 2 is 1.79 bits per heavy atom. The molecule has 34 heavy (non-hydrogen) atoms. The number of rotatable bonds is 5. The van der Waals surface area contributed by atoms with Crippen LogP contribution in [0, 0.1) is 11.3 Å². The van der Waals surface area contributed by atoms with Gasteiger partial charge >= 0.3 is 0 Å². The number of amides is 2. The maximum Gasteiger partial charge on any atom is 0.259 e. The van der Waals surface area contributed by atoms with Crippen LogP contribution in [0.5, 0.6) is 0 Å². The van der Waals surface area contributed by atoms with Crippen LogP contribution >= 0.6 is 11.8 Å². The number of benzene rings is 2. The Hall–Kier alpha value is -3.64. The molecule has 0 aromatic heterocycles. The highest BCUT2D eigenvalue weighted by Crippen LogP contribution is 2.34. The van der Waals surface area contributed by atoms with E-state index in [0.717, 1.165) is 24.3 Å². The van der Waals surface area contributed by atoms with Crippen molar-refractivity contribution in [2.45, 2.75) is 18.9 Å². The van der Waals surface area contributed by atoms with Gasteiger partial charge in [0.05, 0.1) is 17.5 Å². The van der Waals surface area contributed by atoms with E-state index in [-0.39, 0.29) is 24.0 Å². The van der Waals surface area contributed by atoms with Gasteiger partial charge in [0.1, 0.15) is 11.9 Å². The Balaban J connectivity index is 1.23. The predicted octanol–water partition coefficient (Wildman–Crippen LogP) is 3.03. The fourth-order valence-corrected chi connectivity index (χ4v) is 5.12. The lowest BCUT2D eigenvalue weighted by atomic mass is 10.1. The molecule has 8 nitrogen and oxygen atoms in total. The van der Waals surface area contributed by atoms with Gasteiger partial charge in [-0.15, -0.1) is 0 Å². The summed E-state index contributed by atoms with van der Waals surface area (Å²) < 4.78 is 0. The molecule has 0 aliphatic carbocycles. The molecule has 1 atom stereocenters. The number of nitriles is 1. The topological polar surface area (TPSA) is 92.4 Å². The first-order chi connectivity index (χ1) is 16.7. The maximum atomic E-state index is 13.2. The monoisotopic (exact) mass is 472 g/mol. The van der Waals surface area contributed by atoms with Crippen molar-refractivity contribution < 1.29 is 9.59 Å². The SMILES string of the molecule is N#CCSC1=Nc2ccccc2C2=N[C@H](CCC(=O)N3CCN(c4ccccc4)CC3)C(=O)N12. The smallest absolute Gasteiger partial charge is 0.259 e. The molecule has 2 aromatic carbocycles. The van der Waals surface area contributed by atoms with E-state index in [1.807, 2.05) is 47.4 Å². The molecular formula is C25H24N6O2S. The van der Waals surface area contributed by atoms with Crippen molar-refractivity contribution in [3.63, 3.8) is 0 Å². The Bertz CT molecular complexity index is 1200. The van der Waals surface area contributed by atoms with Gasteiger partial charge in [0, 0.05) is 43.9 Å². The van der Waals surface area contributed by atoms with Gasteiger partial charge in [0.2, 0.25) is 5.91 Å². The lowest BCUT2D eigenvalue weighted by Crippen LogP contribution is -2.49. The van der Waals surface area contributed by atoms with Gasteiger partial charge in [-0.05, 0) is 30.7 Å². The molecule has 3 heterocycles. The Morgan fingerprint density at radius 1 is 1.06 bits per heavy atom. The first-order valence-corrected chi connectivity index (χ1v) is 12.3.